The lowest BCUT2D eigenvalue weighted by molar-refractivity contribution is 0.449. The summed E-state index contributed by atoms with van der Waals surface area (Å²) < 4.78 is 0. The first-order valence-corrected chi connectivity index (χ1v) is 5.75. The van der Waals surface area contributed by atoms with E-state index in [1.807, 2.05) is 26.0 Å². The van der Waals surface area contributed by atoms with Crippen LogP contribution in [-0.4, -0.2) is 15.8 Å². The maximum absolute atomic E-state index is 11.5. The summed E-state index contributed by atoms with van der Waals surface area (Å²) in [6.07, 6.45) is 3.60. The third-order valence-corrected chi connectivity index (χ3v) is 3.01. The number of rotatable bonds is 1. The molecule has 0 spiro atoms. The maximum Gasteiger partial charge on any atom is 0.268 e. The van der Waals surface area contributed by atoms with Crippen LogP contribution in [0.3, 0.4) is 0 Å². The lowest BCUT2D eigenvalue weighted by Crippen LogP contribution is -2.13. The minimum atomic E-state index is -0.585. The van der Waals surface area contributed by atoms with Crippen molar-refractivity contribution in [3.8, 4) is 11.9 Å². The van der Waals surface area contributed by atoms with Gasteiger partial charge in [-0.05, 0) is 44.1 Å². The number of hydrogen-bond donors (Lipinski definition) is 2. The van der Waals surface area contributed by atoms with Crippen LogP contribution in [0.5, 0.6) is 5.88 Å². The molecule has 0 aromatic carbocycles. The minimum Gasteiger partial charge on any atom is -0.494 e. The van der Waals surface area contributed by atoms with Crippen molar-refractivity contribution in [3.05, 3.63) is 44.4 Å². The number of aliphatic imine (C=N–C) groups is 1. The molecule has 2 heterocycles. The van der Waals surface area contributed by atoms with Crippen molar-refractivity contribution < 1.29 is 5.11 Å². The van der Waals surface area contributed by atoms with E-state index in [2.05, 4.69) is 9.98 Å². The first-order valence-electron chi connectivity index (χ1n) is 5.75. The van der Waals surface area contributed by atoms with Gasteiger partial charge in [0.25, 0.3) is 5.56 Å². The molecule has 0 unspecified atom stereocenters. The molecule has 0 amide bonds. The first kappa shape index (κ1) is 12.8. The van der Waals surface area contributed by atoms with Crippen LogP contribution in [0.1, 0.15) is 30.5 Å². The monoisotopic (exact) mass is 255 g/mol. The lowest BCUT2D eigenvalue weighted by atomic mass is 10.0. The van der Waals surface area contributed by atoms with Crippen molar-refractivity contribution in [2.45, 2.75) is 20.8 Å². The normalized spacial score (nSPS) is 16.2. The molecule has 5 nitrogen and oxygen atoms in total. The Balaban J connectivity index is 2.67. The Bertz CT molecular complexity index is 743. The fraction of sp³-hybridized carbons (Fsp3) is 0.214. The van der Waals surface area contributed by atoms with Crippen LogP contribution in [-0.2, 0) is 0 Å². The lowest BCUT2D eigenvalue weighted by Gasteiger charge is -2.06. The molecule has 2 rings (SSSR count). The van der Waals surface area contributed by atoms with Crippen LogP contribution in [0.2, 0.25) is 0 Å². The molecule has 5 heteroatoms. The van der Waals surface area contributed by atoms with Crippen molar-refractivity contribution in [1.29, 1.82) is 5.26 Å². The van der Waals surface area contributed by atoms with E-state index in [0.717, 1.165) is 11.3 Å². The number of H-pyrrole nitrogens is 1. The summed E-state index contributed by atoms with van der Waals surface area (Å²) in [7, 11) is 0. The summed E-state index contributed by atoms with van der Waals surface area (Å²) >= 11 is 0. The van der Waals surface area contributed by atoms with E-state index >= 15 is 0 Å². The van der Waals surface area contributed by atoms with Crippen molar-refractivity contribution in [2.75, 3.05) is 0 Å². The Morgan fingerprint density at radius 2 is 2.11 bits per heavy atom. The molecular weight excluding hydrogens is 242 g/mol. The molecule has 0 saturated heterocycles. The van der Waals surface area contributed by atoms with Crippen molar-refractivity contribution in [1.82, 2.24) is 4.98 Å². The molecule has 0 atom stereocenters. The number of hydrogen-bond acceptors (Lipinski definition) is 4. The zero-order valence-electron chi connectivity index (χ0n) is 10.9. The van der Waals surface area contributed by atoms with Crippen LogP contribution in [0, 0.1) is 18.3 Å². The summed E-state index contributed by atoms with van der Waals surface area (Å²) in [5, 5.41) is 18.8. The van der Waals surface area contributed by atoms with Gasteiger partial charge in [-0.3, -0.25) is 14.8 Å². The average Bonchev–Trinajstić information content (AvgIpc) is 2.63. The molecule has 2 N–H and O–H groups in total. The van der Waals surface area contributed by atoms with Gasteiger partial charge in [-0.25, -0.2) is 0 Å². The van der Waals surface area contributed by atoms with E-state index in [4.69, 9.17) is 5.26 Å². The van der Waals surface area contributed by atoms with Gasteiger partial charge >= 0.3 is 0 Å². The maximum atomic E-state index is 11.5. The van der Waals surface area contributed by atoms with Crippen LogP contribution in [0.4, 0.5) is 0 Å². The fourth-order valence-corrected chi connectivity index (χ4v) is 2.01. The highest BCUT2D eigenvalue weighted by Crippen LogP contribution is 2.26. The summed E-state index contributed by atoms with van der Waals surface area (Å²) in [6, 6.07) is 1.84. The van der Waals surface area contributed by atoms with Gasteiger partial charge in [-0.2, -0.15) is 5.26 Å². The fourth-order valence-electron chi connectivity index (χ4n) is 2.01. The smallest absolute Gasteiger partial charge is 0.268 e. The van der Waals surface area contributed by atoms with Crippen LogP contribution in [0.25, 0.3) is 6.08 Å². The van der Waals surface area contributed by atoms with Crippen LogP contribution < -0.4 is 5.56 Å². The van der Waals surface area contributed by atoms with Gasteiger partial charge < -0.3 is 5.11 Å². The number of pyridine rings is 1. The molecule has 1 aliphatic rings. The zero-order chi connectivity index (χ0) is 14.2. The number of aromatic amines is 1. The zero-order valence-corrected chi connectivity index (χ0v) is 10.9. The highest BCUT2D eigenvalue weighted by Gasteiger charge is 2.14. The molecule has 1 aromatic rings. The highest BCUT2D eigenvalue weighted by molar-refractivity contribution is 5.98. The van der Waals surface area contributed by atoms with Gasteiger partial charge in [0, 0.05) is 11.3 Å². The number of aromatic hydroxyl groups is 1. The van der Waals surface area contributed by atoms with Gasteiger partial charge in [0.2, 0.25) is 0 Å². The number of allylic oxidation sites excluding steroid dienone is 2. The van der Waals surface area contributed by atoms with E-state index in [1.54, 1.807) is 13.0 Å². The van der Waals surface area contributed by atoms with Gasteiger partial charge in [-0.1, -0.05) is 0 Å². The third kappa shape index (κ3) is 2.20. The van der Waals surface area contributed by atoms with Gasteiger partial charge in [0.1, 0.15) is 11.6 Å². The molecule has 96 valence electrons. The predicted octanol–water partition coefficient (Wildman–Crippen LogP) is 2.02. The van der Waals surface area contributed by atoms with Gasteiger partial charge in [-0.15, -0.1) is 0 Å². The Morgan fingerprint density at radius 1 is 1.42 bits per heavy atom. The minimum absolute atomic E-state index is 0.00461. The van der Waals surface area contributed by atoms with E-state index in [-0.39, 0.29) is 11.4 Å². The molecule has 1 aromatic heterocycles. The summed E-state index contributed by atoms with van der Waals surface area (Å²) in [6.45, 7) is 5.42. The topological polar surface area (TPSA) is 89.2 Å². The van der Waals surface area contributed by atoms with Crippen molar-refractivity contribution in [2.24, 2.45) is 4.99 Å². The first-order chi connectivity index (χ1) is 8.93. The SMILES string of the molecule is CC1=CC(C)=N/C1=C\c1c(O)[nH]c(=O)c(C#N)c1C. The van der Waals surface area contributed by atoms with Gasteiger partial charge in [0.05, 0.1) is 5.70 Å². The van der Waals surface area contributed by atoms with E-state index < -0.39 is 5.56 Å². The third-order valence-electron chi connectivity index (χ3n) is 3.01. The summed E-state index contributed by atoms with van der Waals surface area (Å²) in [4.78, 5) is 18.1. The second-order valence-corrected chi connectivity index (χ2v) is 4.44. The van der Waals surface area contributed by atoms with E-state index in [0.29, 0.717) is 16.8 Å². The van der Waals surface area contributed by atoms with E-state index in [1.165, 1.54) is 0 Å². The standard InChI is InChI=1S/C14H13N3O2/c1-7-4-8(2)16-12(7)5-10-9(3)11(6-15)14(19)17-13(10)18/h4-5H,1-3H3,(H2,17,18,19)/b12-5-. The molecule has 19 heavy (non-hydrogen) atoms. The number of nitrogens with zero attached hydrogens (tertiary/aromatic N) is 2. The van der Waals surface area contributed by atoms with Gasteiger partial charge in [0.15, 0.2) is 5.88 Å². The molecule has 0 saturated carbocycles. The summed E-state index contributed by atoms with van der Waals surface area (Å²) in [5.74, 6) is -0.249. The molecule has 0 radical (unpaired) electrons. The average molecular weight is 255 g/mol. The molecular formula is C14H13N3O2. The molecule has 0 fully saturated rings. The second kappa shape index (κ2) is 4.58. The van der Waals surface area contributed by atoms with E-state index in [9.17, 15) is 9.90 Å². The van der Waals surface area contributed by atoms with Crippen LogP contribution >= 0.6 is 0 Å². The number of aromatic nitrogens is 1. The summed E-state index contributed by atoms with van der Waals surface area (Å²) in [5.41, 5.74) is 2.85. The Labute approximate surface area is 110 Å². The quantitative estimate of drug-likeness (QED) is 0.804. The molecule has 0 aliphatic carbocycles. The number of nitriles is 1. The Morgan fingerprint density at radius 3 is 2.63 bits per heavy atom. The highest BCUT2D eigenvalue weighted by atomic mass is 16.3. The second-order valence-electron chi connectivity index (χ2n) is 4.44. The van der Waals surface area contributed by atoms with Crippen molar-refractivity contribution in [3.63, 3.8) is 0 Å². The predicted molar refractivity (Wildman–Crippen MR) is 73.0 cm³/mol. The molecule has 0 bridgehead atoms. The largest absolute Gasteiger partial charge is 0.494 e. The Hall–Kier alpha value is -2.61. The molecule has 1 aliphatic heterocycles. The van der Waals surface area contributed by atoms with Crippen molar-refractivity contribution >= 4 is 11.8 Å². The van der Waals surface area contributed by atoms with Crippen LogP contribution in [0.15, 0.2) is 27.1 Å². The Kier molecular flexibility index (Phi) is 3.09. The number of nitrogens with one attached hydrogen (secondary N) is 1.